The first kappa shape index (κ1) is 18.0. The number of carbonyl (C=O) groups excluding carboxylic acids is 2. The molecule has 0 radical (unpaired) electrons. The van der Waals surface area contributed by atoms with Gasteiger partial charge in [-0.25, -0.2) is 9.59 Å². The molecule has 26 heavy (non-hydrogen) atoms. The number of hydrogen-bond donors (Lipinski definition) is 1. The zero-order valence-corrected chi connectivity index (χ0v) is 15.4. The van der Waals surface area contributed by atoms with Gasteiger partial charge in [-0.2, -0.15) is 11.3 Å². The molecule has 0 aliphatic carbocycles. The summed E-state index contributed by atoms with van der Waals surface area (Å²) in [5.41, 5.74) is 1.88. The number of nitrogens with one attached hydrogen (secondary N) is 1. The average Bonchev–Trinajstić information content (AvgIpc) is 3.18. The molecule has 2 heterocycles. The molecule has 7 heteroatoms. The highest BCUT2D eigenvalue weighted by atomic mass is 32.1. The molecule has 1 aliphatic rings. The predicted molar refractivity (Wildman–Crippen MR) is 99.0 cm³/mol. The highest BCUT2D eigenvalue weighted by molar-refractivity contribution is 7.08. The molecule has 1 N–H and O–H groups in total. The number of hydrogen-bond acceptors (Lipinski definition) is 5. The van der Waals surface area contributed by atoms with Crippen molar-refractivity contribution in [2.24, 2.45) is 0 Å². The lowest BCUT2D eigenvalue weighted by molar-refractivity contribution is -0.140. The van der Waals surface area contributed by atoms with Crippen molar-refractivity contribution < 1.29 is 19.1 Å². The SMILES string of the molecule is CC1=C(C(=O)OCCOc2ccccc2)[C@H](c2ccsc2)NC(=O)N1C. The van der Waals surface area contributed by atoms with Crippen LogP contribution in [0.4, 0.5) is 4.79 Å². The van der Waals surface area contributed by atoms with Crippen LogP contribution < -0.4 is 10.1 Å². The van der Waals surface area contributed by atoms with Gasteiger partial charge < -0.3 is 19.7 Å². The largest absolute Gasteiger partial charge is 0.490 e. The first-order valence-corrected chi connectivity index (χ1v) is 9.14. The van der Waals surface area contributed by atoms with Crippen LogP contribution in [0.15, 0.2) is 58.4 Å². The Kier molecular flexibility index (Phi) is 5.58. The summed E-state index contributed by atoms with van der Waals surface area (Å²) in [7, 11) is 1.63. The van der Waals surface area contributed by atoms with Crippen LogP contribution in [0, 0.1) is 0 Å². The summed E-state index contributed by atoms with van der Waals surface area (Å²) in [6, 6.07) is 10.5. The first-order valence-electron chi connectivity index (χ1n) is 8.20. The van der Waals surface area contributed by atoms with Crippen molar-refractivity contribution in [3.8, 4) is 5.75 Å². The number of benzene rings is 1. The van der Waals surface area contributed by atoms with E-state index < -0.39 is 12.0 Å². The standard InChI is InChI=1S/C19H20N2O4S/c1-13-16(17(14-8-11-26-12-14)20-19(23)21(13)2)18(22)25-10-9-24-15-6-4-3-5-7-15/h3-8,11-12,17H,9-10H2,1-2H3,(H,20,23)/t17-/m0/s1. The van der Waals surface area contributed by atoms with E-state index in [1.807, 2.05) is 47.2 Å². The summed E-state index contributed by atoms with van der Waals surface area (Å²) < 4.78 is 10.9. The Morgan fingerprint density at radius 3 is 2.69 bits per heavy atom. The predicted octanol–water partition coefficient (Wildman–Crippen LogP) is 3.34. The molecular weight excluding hydrogens is 352 g/mol. The fourth-order valence-electron chi connectivity index (χ4n) is 2.68. The Balaban J connectivity index is 1.67. The summed E-state index contributed by atoms with van der Waals surface area (Å²) in [4.78, 5) is 26.2. The minimum absolute atomic E-state index is 0.124. The van der Waals surface area contributed by atoms with Crippen molar-refractivity contribution in [1.29, 1.82) is 0 Å². The van der Waals surface area contributed by atoms with Gasteiger partial charge >= 0.3 is 12.0 Å². The van der Waals surface area contributed by atoms with Crippen LogP contribution in [0.5, 0.6) is 5.75 Å². The van der Waals surface area contributed by atoms with Gasteiger partial charge in [0.2, 0.25) is 0 Å². The van der Waals surface area contributed by atoms with Crippen LogP contribution in [0.3, 0.4) is 0 Å². The van der Waals surface area contributed by atoms with Crippen LogP contribution in [-0.4, -0.2) is 37.2 Å². The zero-order valence-electron chi connectivity index (χ0n) is 14.6. The molecule has 6 nitrogen and oxygen atoms in total. The fourth-order valence-corrected chi connectivity index (χ4v) is 3.36. The zero-order chi connectivity index (χ0) is 18.5. The molecule has 2 aromatic rings. The third-order valence-corrected chi connectivity index (χ3v) is 4.88. The smallest absolute Gasteiger partial charge is 0.338 e. The van der Waals surface area contributed by atoms with Gasteiger partial charge in [0, 0.05) is 12.7 Å². The number of carbonyl (C=O) groups is 2. The van der Waals surface area contributed by atoms with Gasteiger partial charge in [-0.05, 0) is 41.4 Å². The summed E-state index contributed by atoms with van der Waals surface area (Å²) >= 11 is 1.51. The molecule has 0 saturated carbocycles. The molecule has 136 valence electrons. The summed E-state index contributed by atoms with van der Waals surface area (Å²) in [5, 5.41) is 6.67. The minimum Gasteiger partial charge on any atom is -0.490 e. The van der Waals surface area contributed by atoms with Crippen LogP contribution >= 0.6 is 11.3 Å². The number of nitrogens with zero attached hydrogens (tertiary/aromatic N) is 1. The number of urea groups is 1. The van der Waals surface area contributed by atoms with Crippen molar-refractivity contribution >= 4 is 23.3 Å². The molecule has 1 atom stereocenters. The number of ether oxygens (including phenoxy) is 2. The van der Waals surface area contributed by atoms with Gasteiger partial charge in [0.05, 0.1) is 11.6 Å². The van der Waals surface area contributed by atoms with Crippen LogP contribution in [0.2, 0.25) is 0 Å². The number of thiophene rings is 1. The van der Waals surface area contributed by atoms with Crippen molar-refractivity contribution in [2.45, 2.75) is 13.0 Å². The van der Waals surface area contributed by atoms with Gasteiger partial charge in [0.15, 0.2) is 0 Å². The average molecular weight is 372 g/mol. The first-order chi connectivity index (χ1) is 12.6. The monoisotopic (exact) mass is 372 g/mol. The van der Waals surface area contributed by atoms with Crippen LogP contribution in [-0.2, 0) is 9.53 Å². The molecule has 0 unspecified atom stereocenters. The van der Waals surface area contributed by atoms with Gasteiger partial charge in [0.25, 0.3) is 0 Å². The van der Waals surface area contributed by atoms with E-state index in [2.05, 4.69) is 5.32 Å². The summed E-state index contributed by atoms with van der Waals surface area (Å²) in [6.45, 7) is 2.13. The Hall–Kier alpha value is -2.80. The number of rotatable bonds is 6. The molecule has 3 rings (SSSR count). The second-order valence-corrected chi connectivity index (χ2v) is 6.57. The molecule has 1 aromatic carbocycles. The lowest BCUT2D eigenvalue weighted by atomic mass is 9.97. The van der Waals surface area contributed by atoms with E-state index in [4.69, 9.17) is 9.47 Å². The van der Waals surface area contributed by atoms with E-state index in [1.165, 1.54) is 16.2 Å². The maximum atomic E-state index is 12.7. The van der Waals surface area contributed by atoms with Crippen molar-refractivity contribution in [3.05, 3.63) is 64.0 Å². The number of amides is 2. The Labute approximate surface area is 156 Å². The second-order valence-electron chi connectivity index (χ2n) is 5.79. The maximum Gasteiger partial charge on any atom is 0.338 e. The van der Waals surface area contributed by atoms with Crippen molar-refractivity contribution in [3.63, 3.8) is 0 Å². The Morgan fingerprint density at radius 1 is 1.23 bits per heavy atom. The molecule has 1 aliphatic heterocycles. The van der Waals surface area contributed by atoms with E-state index >= 15 is 0 Å². The number of allylic oxidation sites excluding steroid dienone is 1. The lowest BCUT2D eigenvalue weighted by Crippen LogP contribution is -2.46. The summed E-state index contributed by atoms with van der Waals surface area (Å²) in [6.07, 6.45) is 0. The summed E-state index contributed by atoms with van der Waals surface area (Å²) in [5.74, 6) is 0.266. The molecule has 0 spiro atoms. The quantitative estimate of drug-likeness (QED) is 0.624. The molecule has 0 saturated heterocycles. The van der Waals surface area contributed by atoms with E-state index in [0.717, 1.165) is 11.3 Å². The topological polar surface area (TPSA) is 67.9 Å². The van der Waals surface area contributed by atoms with Gasteiger partial charge in [0.1, 0.15) is 19.0 Å². The normalized spacial score (nSPS) is 17.1. The van der Waals surface area contributed by atoms with Gasteiger partial charge in [-0.15, -0.1) is 0 Å². The third-order valence-electron chi connectivity index (χ3n) is 4.18. The molecule has 1 aromatic heterocycles. The number of para-hydroxylation sites is 1. The molecule has 0 bridgehead atoms. The fraction of sp³-hybridized carbons (Fsp3) is 0.263. The maximum absolute atomic E-state index is 12.7. The van der Waals surface area contributed by atoms with Gasteiger partial charge in [-0.1, -0.05) is 18.2 Å². The molecule has 0 fully saturated rings. The van der Waals surface area contributed by atoms with E-state index in [1.54, 1.807) is 14.0 Å². The highest BCUT2D eigenvalue weighted by Gasteiger charge is 2.35. The van der Waals surface area contributed by atoms with Crippen LogP contribution in [0.25, 0.3) is 0 Å². The van der Waals surface area contributed by atoms with E-state index in [0.29, 0.717) is 11.3 Å². The molecular formula is C19H20N2O4S. The third kappa shape index (κ3) is 3.88. The molecule has 2 amide bonds. The van der Waals surface area contributed by atoms with Gasteiger partial charge in [-0.3, -0.25) is 0 Å². The Bertz CT molecular complexity index is 802. The van der Waals surface area contributed by atoms with E-state index in [-0.39, 0.29) is 19.2 Å². The van der Waals surface area contributed by atoms with Crippen LogP contribution in [0.1, 0.15) is 18.5 Å². The number of esters is 1. The highest BCUT2D eigenvalue weighted by Crippen LogP contribution is 2.31. The van der Waals surface area contributed by atoms with E-state index in [9.17, 15) is 9.59 Å². The minimum atomic E-state index is -0.507. The Morgan fingerprint density at radius 2 is 2.00 bits per heavy atom. The second kappa shape index (κ2) is 8.05. The lowest BCUT2D eigenvalue weighted by Gasteiger charge is -2.32. The van der Waals surface area contributed by atoms with Crippen molar-refractivity contribution in [1.82, 2.24) is 10.2 Å². The van der Waals surface area contributed by atoms with Crippen molar-refractivity contribution in [2.75, 3.05) is 20.3 Å².